The van der Waals surface area contributed by atoms with Gasteiger partial charge in [-0.25, -0.2) is 9.97 Å². The Balaban J connectivity index is 2.03. The molecule has 100 valence electrons. The van der Waals surface area contributed by atoms with E-state index in [0.29, 0.717) is 17.2 Å². The largest absolute Gasteiger partial charge is 0.391 e. The fourth-order valence-corrected chi connectivity index (χ4v) is 2.70. The summed E-state index contributed by atoms with van der Waals surface area (Å²) in [5.41, 5.74) is 0.511. The van der Waals surface area contributed by atoms with E-state index in [1.165, 1.54) is 0 Å². The maximum absolute atomic E-state index is 10.1. The summed E-state index contributed by atoms with van der Waals surface area (Å²) in [6.07, 6.45) is 1.35. The van der Waals surface area contributed by atoms with E-state index < -0.39 is 0 Å². The van der Waals surface area contributed by atoms with Crippen LogP contribution in [0.25, 0.3) is 11.0 Å². The molecule has 5 heteroatoms. The summed E-state index contributed by atoms with van der Waals surface area (Å²) in [6, 6.07) is 5.60. The van der Waals surface area contributed by atoms with Gasteiger partial charge in [-0.05, 0) is 12.1 Å². The molecular weight excluding hydrogens is 262 g/mol. The maximum atomic E-state index is 10.1. The molecule has 0 aliphatic carbocycles. The van der Waals surface area contributed by atoms with Gasteiger partial charge in [0.25, 0.3) is 0 Å². The molecule has 19 heavy (non-hydrogen) atoms. The van der Waals surface area contributed by atoms with Crippen LogP contribution in [0.3, 0.4) is 0 Å². The van der Waals surface area contributed by atoms with Crippen molar-refractivity contribution in [2.75, 3.05) is 18.0 Å². The quantitative estimate of drug-likeness (QED) is 0.870. The molecule has 1 fully saturated rings. The third-order valence-electron chi connectivity index (χ3n) is 3.74. The van der Waals surface area contributed by atoms with E-state index in [0.717, 1.165) is 17.7 Å². The monoisotopic (exact) mass is 277 g/mol. The Labute approximate surface area is 117 Å². The van der Waals surface area contributed by atoms with Gasteiger partial charge in [0.1, 0.15) is 5.82 Å². The molecule has 1 unspecified atom stereocenters. The Morgan fingerprint density at radius 1 is 1.47 bits per heavy atom. The Hall–Kier alpha value is -1.39. The smallest absolute Gasteiger partial charge is 0.163 e. The van der Waals surface area contributed by atoms with Crippen LogP contribution in [-0.4, -0.2) is 34.3 Å². The molecule has 2 aromatic rings. The Morgan fingerprint density at radius 3 is 2.95 bits per heavy atom. The number of hydrogen-bond acceptors (Lipinski definition) is 4. The first-order valence-electron chi connectivity index (χ1n) is 6.32. The van der Waals surface area contributed by atoms with Crippen molar-refractivity contribution in [2.24, 2.45) is 5.41 Å². The molecule has 3 rings (SSSR count). The van der Waals surface area contributed by atoms with Gasteiger partial charge < -0.3 is 10.0 Å². The molecule has 0 bridgehead atoms. The second-order valence-electron chi connectivity index (χ2n) is 5.72. The van der Waals surface area contributed by atoms with Crippen molar-refractivity contribution < 1.29 is 5.11 Å². The second kappa shape index (κ2) is 4.32. The lowest BCUT2D eigenvalue weighted by molar-refractivity contribution is 0.0964. The molecule has 0 spiro atoms. The molecule has 1 aliphatic rings. The highest BCUT2D eigenvalue weighted by atomic mass is 35.5. The number of aliphatic hydroxyl groups excluding tert-OH is 1. The number of anilines is 1. The van der Waals surface area contributed by atoms with Gasteiger partial charge in [-0.2, -0.15) is 0 Å². The number of hydrogen-bond donors (Lipinski definition) is 1. The molecule has 0 saturated carbocycles. The van der Waals surface area contributed by atoms with Crippen LogP contribution >= 0.6 is 11.6 Å². The number of aliphatic hydroxyl groups is 1. The minimum absolute atomic E-state index is 0.132. The van der Waals surface area contributed by atoms with Crippen LogP contribution in [0.15, 0.2) is 24.4 Å². The highest BCUT2D eigenvalue weighted by molar-refractivity contribution is 6.35. The molecule has 1 N–H and O–H groups in total. The third-order valence-corrected chi connectivity index (χ3v) is 4.05. The summed E-state index contributed by atoms with van der Waals surface area (Å²) >= 11 is 6.28. The Bertz CT molecular complexity index is 629. The third kappa shape index (κ3) is 2.15. The molecule has 0 aromatic carbocycles. The van der Waals surface area contributed by atoms with E-state index in [4.69, 9.17) is 11.6 Å². The molecule has 1 atom stereocenters. The first-order valence-corrected chi connectivity index (χ1v) is 6.69. The fraction of sp³-hybridized carbons (Fsp3) is 0.429. The van der Waals surface area contributed by atoms with Crippen LogP contribution in [0.5, 0.6) is 0 Å². The number of fused-ring (bicyclic) bond motifs is 1. The molecule has 1 saturated heterocycles. The van der Waals surface area contributed by atoms with Gasteiger partial charge in [-0.15, -0.1) is 0 Å². The van der Waals surface area contributed by atoms with Crippen LogP contribution < -0.4 is 4.90 Å². The van der Waals surface area contributed by atoms with Crippen molar-refractivity contribution in [1.82, 2.24) is 9.97 Å². The molecule has 0 amide bonds. The van der Waals surface area contributed by atoms with E-state index in [9.17, 15) is 5.11 Å². The minimum Gasteiger partial charge on any atom is -0.391 e. The SMILES string of the molecule is CC1(C)CN(c2cc(Cl)c3cccnc3n2)CC1O. The number of rotatable bonds is 1. The van der Waals surface area contributed by atoms with Gasteiger partial charge in [0.2, 0.25) is 0 Å². The normalized spacial score (nSPS) is 22.1. The second-order valence-corrected chi connectivity index (χ2v) is 6.13. The molecule has 3 heterocycles. The molecule has 1 aliphatic heterocycles. The first-order chi connectivity index (χ1) is 8.97. The van der Waals surface area contributed by atoms with Crippen molar-refractivity contribution in [3.63, 3.8) is 0 Å². The fourth-order valence-electron chi connectivity index (χ4n) is 2.46. The average molecular weight is 278 g/mol. The van der Waals surface area contributed by atoms with E-state index in [2.05, 4.69) is 28.7 Å². The van der Waals surface area contributed by atoms with E-state index >= 15 is 0 Å². The van der Waals surface area contributed by atoms with Gasteiger partial charge in [-0.1, -0.05) is 25.4 Å². The summed E-state index contributed by atoms with van der Waals surface area (Å²) in [5.74, 6) is 0.779. The lowest BCUT2D eigenvalue weighted by atomic mass is 9.90. The van der Waals surface area contributed by atoms with Crippen molar-refractivity contribution in [3.05, 3.63) is 29.4 Å². The molecular formula is C14H16ClN3O. The van der Waals surface area contributed by atoms with Crippen LogP contribution in [0, 0.1) is 5.41 Å². The van der Waals surface area contributed by atoms with Crippen LogP contribution in [-0.2, 0) is 0 Å². The van der Waals surface area contributed by atoms with E-state index in [1.54, 1.807) is 6.20 Å². The summed E-state index contributed by atoms with van der Waals surface area (Å²) in [7, 11) is 0. The van der Waals surface area contributed by atoms with Crippen LogP contribution in [0.4, 0.5) is 5.82 Å². The summed E-state index contributed by atoms with van der Waals surface area (Å²) in [6.45, 7) is 5.45. The number of pyridine rings is 2. The standard InChI is InChI=1S/C14H16ClN3O/c1-14(2)8-18(7-11(14)19)12-6-10(15)9-4-3-5-16-13(9)17-12/h3-6,11,19H,7-8H2,1-2H3. The van der Waals surface area contributed by atoms with Gasteiger partial charge in [0, 0.05) is 36.2 Å². The summed E-state index contributed by atoms with van der Waals surface area (Å²) in [5, 5.41) is 11.6. The molecule has 4 nitrogen and oxygen atoms in total. The minimum atomic E-state index is -0.354. The first kappa shape index (κ1) is 12.6. The number of β-amino-alcohol motifs (C(OH)–C–C–N with tert-alkyl or cyclic N) is 1. The number of aromatic nitrogens is 2. The predicted octanol–water partition coefficient (Wildman–Crippen LogP) is 2.49. The van der Waals surface area contributed by atoms with Crippen molar-refractivity contribution in [2.45, 2.75) is 20.0 Å². The lowest BCUT2D eigenvalue weighted by Gasteiger charge is -2.21. The Morgan fingerprint density at radius 2 is 2.26 bits per heavy atom. The topological polar surface area (TPSA) is 49.2 Å². The summed E-state index contributed by atoms with van der Waals surface area (Å²) in [4.78, 5) is 10.8. The van der Waals surface area contributed by atoms with Crippen molar-refractivity contribution >= 4 is 28.5 Å². The molecule has 2 aromatic heterocycles. The predicted molar refractivity (Wildman–Crippen MR) is 76.5 cm³/mol. The van der Waals surface area contributed by atoms with Crippen LogP contribution in [0.1, 0.15) is 13.8 Å². The maximum Gasteiger partial charge on any atom is 0.163 e. The van der Waals surface area contributed by atoms with Crippen LogP contribution in [0.2, 0.25) is 5.02 Å². The van der Waals surface area contributed by atoms with Gasteiger partial charge >= 0.3 is 0 Å². The van der Waals surface area contributed by atoms with E-state index in [1.807, 2.05) is 18.2 Å². The molecule has 0 radical (unpaired) electrons. The lowest BCUT2D eigenvalue weighted by Crippen LogP contribution is -2.26. The van der Waals surface area contributed by atoms with E-state index in [-0.39, 0.29) is 11.5 Å². The van der Waals surface area contributed by atoms with Crippen molar-refractivity contribution in [3.8, 4) is 0 Å². The highest BCUT2D eigenvalue weighted by Crippen LogP contribution is 2.34. The van der Waals surface area contributed by atoms with Gasteiger partial charge in [0.05, 0.1) is 11.1 Å². The van der Waals surface area contributed by atoms with Gasteiger partial charge in [0.15, 0.2) is 5.65 Å². The number of nitrogens with zero attached hydrogens (tertiary/aromatic N) is 3. The van der Waals surface area contributed by atoms with Crippen molar-refractivity contribution in [1.29, 1.82) is 0 Å². The zero-order valence-corrected chi connectivity index (χ0v) is 11.7. The Kier molecular flexibility index (Phi) is 2.87. The van der Waals surface area contributed by atoms with Gasteiger partial charge in [-0.3, -0.25) is 0 Å². The zero-order chi connectivity index (χ0) is 13.6. The average Bonchev–Trinajstić information content (AvgIpc) is 2.64. The number of halogens is 1. The summed E-state index contributed by atoms with van der Waals surface area (Å²) < 4.78 is 0. The highest BCUT2D eigenvalue weighted by Gasteiger charge is 2.38. The zero-order valence-electron chi connectivity index (χ0n) is 11.0.